The Morgan fingerprint density at radius 2 is 2.17 bits per heavy atom. The van der Waals surface area contributed by atoms with Gasteiger partial charge in [0.1, 0.15) is 0 Å². The molecule has 1 saturated carbocycles. The highest BCUT2D eigenvalue weighted by Gasteiger charge is 2.40. The molecule has 0 radical (unpaired) electrons. The maximum atomic E-state index is 6.35. The van der Waals surface area contributed by atoms with E-state index in [1.54, 1.807) is 11.3 Å². The quantitative estimate of drug-likeness (QED) is 0.905. The molecular formula is C14H18N2S2. The van der Waals surface area contributed by atoms with E-state index in [9.17, 15) is 0 Å². The van der Waals surface area contributed by atoms with Gasteiger partial charge in [0.2, 0.25) is 0 Å². The van der Waals surface area contributed by atoms with Crippen LogP contribution in [0.2, 0.25) is 0 Å². The van der Waals surface area contributed by atoms with Crippen LogP contribution in [0.15, 0.2) is 28.6 Å². The van der Waals surface area contributed by atoms with Crippen LogP contribution in [0.25, 0.3) is 10.2 Å². The number of nitrogens with zero attached hydrogens (tertiary/aromatic N) is 1. The first-order valence-corrected chi connectivity index (χ1v) is 8.04. The fourth-order valence-electron chi connectivity index (χ4n) is 2.53. The van der Waals surface area contributed by atoms with Crippen LogP contribution in [0, 0.1) is 5.41 Å². The van der Waals surface area contributed by atoms with E-state index in [1.807, 2.05) is 17.8 Å². The Kier molecular flexibility index (Phi) is 3.12. The summed E-state index contributed by atoms with van der Waals surface area (Å²) in [6.45, 7) is 4.55. The van der Waals surface area contributed by atoms with Crippen LogP contribution in [0.1, 0.15) is 26.7 Å². The minimum Gasteiger partial charge on any atom is -0.326 e. The van der Waals surface area contributed by atoms with E-state index in [4.69, 9.17) is 5.73 Å². The van der Waals surface area contributed by atoms with Crippen molar-refractivity contribution in [1.29, 1.82) is 0 Å². The molecule has 1 aliphatic rings. The third-order valence-corrected chi connectivity index (χ3v) is 6.40. The monoisotopic (exact) mass is 278 g/mol. The summed E-state index contributed by atoms with van der Waals surface area (Å²) in [6.07, 6.45) is 2.42. The Balaban J connectivity index is 1.81. The number of fused-ring (bicyclic) bond motifs is 1. The zero-order valence-corrected chi connectivity index (χ0v) is 12.4. The Bertz CT molecular complexity index is 529. The fourth-order valence-corrected chi connectivity index (χ4v) is 5.22. The SMILES string of the molecule is CC1(C)CCC(Sc2nc3ccccc3s2)C1N. The van der Waals surface area contributed by atoms with Gasteiger partial charge < -0.3 is 5.73 Å². The molecule has 4 heteroatoms. The molecule has 2 unspecified atom stereocenters. The number of benzene rings is 1. The van der Waals surface area contributed by atoms with Gasteiger partial charge in [-0.3, -0.25) is 0 Å². The van der Waals surface area contributed by atoms with Gasteiger partial charge >= 0.3 is 0 Å². The van der Waals surface area contributed by atoms with Crippen molar-refractivity contribution in [3.05, 3.63) is 24.3 Å². The average Bonchev–Trinajstić information content (AvgIpc) is 2.85. The van der Waals surface area contributed by atoms with E-state index in [1.165, 1.54) is 17.5 Å². The first-order valence-electron chi connectivity index (χ1n) is 6.34. The van der Waals surface area contributed by atoms with Crippen molar-refractivity contribution in [2.75, 3.05) is 0 Å². The van der Waals surface area contributed by atoms with Gasteiger partial charge in [0.15, 0.2) is 4.34 Å². The predicted molar refractivity (Wildman–Crippen MR) is 80.3 cm³/mol. The van der Waals surface area contributed by atoms with Gasteiger partial charge in [0.05, 0.1) is 10.2 Å². The highest BCUT2D eigenvalue weighted by Crippen LogP contribution is 2.45. The van der Waals surface area contributed by atoms with Crippen LogP contribution in [0.3, 0.4) is 0 Å². The Hall–Kier alpha value is -0.580. The molecule has 96 valence electrons. The van der Waals surface area contributed by atoms with Crippen LogP contribution in [-0.2, 0) is 0 Å². The van der Waals surface area contributed by atoms with Crippen molar-refractivity contribution in [2.24, 2.45) is 11.1 Å². The summed E-state index contributed by atoms with van der Waals surface area (Å²) in [5.41, 5.74) is 7.73. The van der Waals surface area contributed by atoms with Crippen LogP contribution < -0.4 is 5.73 Å². The fraction of sp³-hybridized carbons (Fsp3) is 0.500. The van der Waals surface area contributed by atoms with E-state index < -0.39 is 0 Å². The summed E-state index contributed by atoms with van der Waals surface area (Å²) >= 11 is 3.65. The molecule has 1 fully saturated rings. The summed E-state index contributed by atoms with van der Waals surface area (Å²) in [4.78, 5) is 4.68. The number of para-hydroxylation sites is 1. The van der Waals surface area contributed by atoms with Gasteiger partial charge in [-0.1, -0.05) is 37.7 Å². The molecule has 0 amide bonds. The lowest BCUT2D eigenvalue weighted by Crippen LogP contribution is -2.38. The van der Waals surface area contributed by atoms with Crippen molar-refractivity contribution in [1.82, 2.24) is 4.98 Å². The largest absolute Gasteiger partial charge is 0.326 e. The summed E-state index contributed by atoms with van der Waals surface area (Å²) < 4.78 is 2.43. The molecule has 2 N–H and O–H groups in total. The normalized spacial score (nSPS) is 26.8. The van der Waals surface area contributed by atoms with Crippen molar-refractivity contribution in [3.63, 3.8) is 0 Å². The molecule has 1 heterocycles. The minimum absolute atomic E-state index is 0.272. The van der Waals surface area contributed by atoms with Crippen molar-refractivity contribution in [2.45, 2.75) is 42.3 Å². The lowest BCUT2D eigenvalue weighted by atomic mass is 9.88. The second-order valence-electron chi connectivity index (χ2n) is 5.66. The maximum absolute atomic E-state index is 6.35. The van der Waals surface area contributed by atoms with Crippen LogP contribution in [0.4, 0.5) is 0 Å². The molecule has 0 aliphatic heterocycles. The molecule has 1 aromatic carbocycles. The van der Waals surface area contributed by atoms with Crippen molar-refractivity contribution in [3.8, 4) is 0 Å². The van der Waals surface area contributed by atoms with E-state index in [0.717, 1.165) is 9.86 Å². The molecule has 1 aliphatic carbocycles. The number of thioether (sulfide) groups is 1. The molecule has 2 aromatic rings. The van der Waals surface area contributed by atoms with E-state index >= 15 is 0 Å². The van der Waals surface area contributed by atoms with Gasteiger partial charge in [0, 0.05) is 11.3 Å². The number of nitrogens with two attached hydrogens (primary N) is 1. The summed E-state index contributed by atoms with van der Waals surface area (Å²) in [6, 6.07) is 8.60. The second-order valence-corrected chi connectivity index (χ2v) is 8.17. The zero-order chi connectivity index (χ0) is 12.8. The zero-order valence-electron chi connectivity index (χ0n) is 10.7. The van der Waals surface area contributed by atoms with Gasteiger partial charge in [-0.15, -0.1) is 11.3 Å². The Labute approximate surface area is 116 Å². The molecule has 18 heavy (non-hydrogen) atoms. The average molecular weight is 278 g/mol. The summed E-state index contributed by atoms with van der Waals surface area (Å²) in [7, 11) is 0. The standard InChI is InChI=1S/C14H18N2S2/c1-14(2)8-7-11(12(14)15)18-13-16-9-5-3-4-6-10(9)17-13/h3-6,11-12H,7-8,15H2,1-2H3. The molecule has 2 atom stereocenters. The third-order valence-electron chi connectivity index (χ3n) is 3.90. The molecule has 0 saturated heterocycles. The third kappa shape index (κ3) is 2.17. The molecule has 3 rings (SSSR count). The summed E-state index contributed by atoms with van der Waals surface area (Å²) in [5.74, 6) is 0. The topological polar surface area (TPSA) is 38.9 Å². The number of rotatable bonds is 2. The summed E-state index contributed by atoms with van der Waals surface area (Å²) in [5, 5.41) is 0.514. The molecule has 0 bridgehead atoms. The number of hydrogen-bond donors (Lipinski definition) is 1. The second kappa shape index (κ2) is 4.51. The predicted octanol–water partition coefficient (Wildman–Crippen LogP) is 3.90. The van der Waals surface area contributed by atoms with Gasteiger partial charge in [-0.2, -0.15) is 0 Å². The molecular weight excluding hydrogens is 260 g/mol. The number of thiazole rings is 1. The number of hydrogen-bond acceptors (Lipinski definition) is 4. The van der Waals surface area contributed by atoms with E-state index in [0.29, 0.717) is 5.25 Å². The lowest BCUT2D eigenvalue weighted by Gasteiger charge is -2.25. The van der Waals surface area contributed by atoms with E-state index in [-0.39, 0.29) is 11.5 Å². The molecule has 0 spiro atoms. The highest BCUT2D eigenvalue weighted by atomic mass is 32.2. The highest BCUT2D eigenvalue weighted by molar-refractivity contribution is 8.01. The minimum atomic E-state index is 0.272. The van der Waals surface area contributed by atoms with Gasteiger partial charge in [-0.25, -0.2) is 4.98 Å². The van der Waals surface area contributed by atoms with Crippen LogP contribution >= 0.6 is 23.1 Å². The maximum Gasteiger partial charge on any atom is 0.151 e. The van der Waals surface area contributed by atoms with Crippen LogP contribution in [0.5, 0.6) is 0 Å². The molecule has 1 aromatic heterocycles. The first kappa shape index (κ1) is 12.5. The van der Waals surface area contributed by atoms with E-state index in [2.05, 4.69) is 37.0 Å². The van der Waals surface area contributed by atoms with Crippen molar-refractivity contribution < 1.29 is 0 Å². The Morgan fingerprint density at radius 1 is 1.39 bits per heavy atom. The number of aromatic nitrogens is 1. The first-order chi connectivity index (χ1) is 8.56. The lowest BCUT2D eigenvalue weighted by molar-refractivity contribution is 0.334. The smallest absolute Gasteiger partial charge is 0.151 e. The molecule has 2 nitrogen and oxygen atoms in total. The van der Waals surface area contributed by atoms with Gasteiger partial charge in [0.25, 0.3) is 0 Å². The van der Waals surface area contributed by atoms with Crippen LogP contribution in [-0.4, -0.2) is 16.3 Å². The Morgan fingerprint density at radius 3 is 2.83 bits per heavy atom. The van der Waals surface area contributed by atoms with Gasteiger partial charge in [-0.05, 0) is 30.4 Å². The van der Waals surface area contributed by atoms with Crippen molar-refractivity contribution >= 4 is 33.3 Å².